The van der Waals surface area contributed by atoms with Crippen LogP contribution in [0.5, 0.6) is 0 Å². The van der Waals surface area contributed by atoms with Gasteiger partial charge >= 0.3 is 0 Å². The largest absolute Gasteiger partial charge is 0.312 e. The highest BCUT2D eigenvalue weighted by atomic mass is 32.1. The Hall–Kier alpha value is -0.410. The van der Waals surface area contributed by atoms with Crippen LogP contribution in [0.3, 0.4) is 0 Å². The van der Waals surface area contributed by atoms with E-state index in [4.69, 9.17) is 0 Å². The average molecular weight is 252 g/mol. The maximum absolute atomic E-state index is 4.28. The van der Waals surface area contributed by atoms with Crippen LogP contribution in [0.25, 0.3) is 0 Å². The van der Waals surface area contributed by atoms with Crippen molar-refractivity contribution in [2.45, 2.75) is 52.5 Å². The highest BCUT2D eigenvalue weighted by Crippen LogP contribution is 2.30. The Bertz CT molecular complexity index is 327. The predicted octanol–water partition coefficient (Wildman–Crippen LogP) is 3.76. The molecule has 1 aliphatic rings. The molecule has 0 saturated heterocycles. The van der Waals surface area contributed by atoms with Crippen molar-refractivity contribution in [2.75, 3.05) is 6.54 Å². The summed E-state index contributed by atoms with van der Waals surface area (Å²) in [6, 6.07) is 0. The number of hydrogen-bond acceptors (Lipinski definition) is 3. The molecule has 0 spiro atoms. The number of nitrogens with zero attached hydrogens (tertiary/aromatic N) is 1. The van der Waals surface area contributed by atoms with Crippen LogP contribution in [-0.2, 0) is 6.54 Å². The molecule has 2 rings (SSSR count). The summed E-state index contributed by atoms with van der Waals surface area (Å²) in [6.07, 6.45) is 9.12. The van der Waals surface area contributed by atoms with Gasteiger partial charge in [0.25, 0.3) is 0 Å². The van der Waals surface area contributed by atoms with Crippen LogP contribution in [-0.4, -0.2) is 11.5 Å². The lowest BCUT2D eigenvalue weighted by Gasteiger charge is -2.27. The first-order chi connectivity index (χ1) is 8.28. The first-order valence-electron chi connectivity index (χ1n) is 6.90. The summed E-state index contributed by atoms with van der Waals surface area (Å²) in [5.74, 6) is 1.92. The number of thiazole rings is 1. The van der Waals surface area contributed by atoms with E-state index in [1.807, 2.05) is 6.20 Å². The molecule has 0 bridgehead atoms. The smallest absolute Gasteiger partial charge is 0.0897 e. The second kappa shape index (κ2) is 6.50. The van der Waals surface area contributed by atoms with Crippen LogP contribution < -0.4 is 5.32 Å². The van der Waals surface area contributed by atoms with Gasteiger partial charge in [0.1, 0.15) is 0 Å². The molecule has 17 heavy (non-hydrogen) atoms. The zero-order valence-corrected chi connectivity index (χ0v) is 11.9. The molecule has 0 radical (unpaired) electrons. The van der Waals surface area contributed by atoms with Crippen LogP contribution in [0, 0.1) is 18.8 Å². The Labute approximate surface area is 109 Å². The molecular formula is C14H24N2S. The van der Waals surface area contributed by atoms with Crippen LogP contribution in [0.15, 0.2) is 6.20 Å². The van der Waals surface area contributed by atoms with Crippen molar-refractivity contribution in [3.05, 3.63) is 16.1 Å². The Morgan fingerprint density at radius 1 is 1.29 bits per heavy atom. The number of rotatable bonds is 5. The van der Waals surface area contributed by atoms with Gasteiger partial charge in [-0.25, -0.2) is 4.98 Å². The molecule has 1 saturated carbocycles. The van der Waals surface area contributed by atoms with Crippen LogP contribution >= 0.6 is 11.3 Å². The molecule has 1 N–H and O–H groups in total. The van der Waals surface area contributed by atoms with Gasteiger partial charge in [0.2, 0.25) is 0 Å². The molecule has 1 aliphatic carbocycles. The van der Waals surface area contributed by atoms with Gasteiger partial charge < -0.3 is 5.32 Å². The van der Waals surface area contributed by atoms with Crippen molar-refractivity contribution in [1.29, 1.82) is 0 Å². The Morgan fingerprint density at radius 2 is 2.00 bits per heavy atom. The van der Waals surface area contributed by atoms with Crippen molar-refractivity contribution in [3.8, 4) is 0 Å². The van der Waals surface area contributed by atoms with Crippen molar-refractivity contribution in [2.24, 2.45) is 11.8 Å². The third-order valence-corrected chi connectivity index (χ3v) is 4.86. The Kier molecular flexibility index (Phi) is 4.99. The molecular weight excluding hydrogens is 228 g/mol. The fourth-order valence-corrected chi connectivity index (χ4v) is 3.49. The maximum atomic E-state index is 4.28. The molecule has 1 aromatic heterocycles. The number of aromatic nitrogens is 1. The molecule has 0 atom stereocenters. The van der Waals surface area contributed by atoms with E-state index >= 15 is 0 Å². The van der Waals surface area contributed by atoms with E-state index in [0.29, 0.717) is 0 Å². The van der Waals surface area contributed by atoms with E-state index < -0.39 is 0 Å². The van der Waals surface area contributed by atoms with Crippen molar-refractivity contribution >= 4 is 11.3 Å². The van der Waals surface area contributed by atoms with Crippen molar-refractivity contribution in [3.63, 3.8) is 0 Å². The number of nitrogens with one attached hydrogen (secondary N) is 1. The second-order valence-electron chi connectivity index (χ2n) is 5.27. The minimum Gasteiger partial charge on any atom is -0.312 e. The minimum atomic E-state index is 0.909. The van der Waals surface area contributed by atoms with E-state index in [0.717, 1.165) is 18.4 Å². The molecule has 0 amide bonds. The summed E-state index contributed by atoms with van der Waals surface area (Å²) < 4.78 is 0. The van der Waals surface area contributed by atoms with E-state index in [2.05, 4.69) is 24.1 Å². The average Bonchev–Trinajstić information content (AvgIpc) is 2.76. The lowest BCUT2D eigenvalue weighted by atomic mass is 9.81. The van der Waals surface area contributed by atoms with E-state index in [9.17, 15) is 0 Å². The topological polar surface area (TPSA) is 24.9 Å². The molecule has 1 heterocycles. The normalized spacial score (nSPS) is 25.1. The molecule has 1 aromatic rings. The summed E-state index contributed by atoms with van der Waals surface area (Å²) in [6.45, 7) is 6.59. The van der Waals surface area contributed by atoms with Gasteiger partial charge in [0.15, 0.2) is 0 Å². The molecule has 0 unspecified atom stereocenters. The molecule has 96 valence electrons. The summed E-state index contributed by atoms with van der Waals surface area (Å²) in [5, 5.41) is 4.76. The molecule has 0 aliphatic heterocycles. The molecule has 3 heteroatoms. The summed E-state index contributed by atoms with van der Waals surface area (Å²) in [7, 11) is 0. The number of hydrogen-bond donors (Lipinski definition) is 1. The first kappa shape index (κ1) is 13.0. The number of aryl methyl sites for hydroxylation is 1. The van der Waals surface area contributed by atoms with Crippen LogP contribution in [0.1, 0.15) is 48.9 Å². The third-order valence-electron chi connectivity index (χ3n) is 3.95. The summed E-state index contributed by atoms with van der Waals surface area (Å²) in [4.78, 5) is 5.65. The zero-order valence-electron chi connectivity index (χ0n) is 11.0. The van der Waals surface area contributed by atoms with Crippen LogP contribution in [0.4, 0.5) is 0 Å². The fraction of sp³-hybridized carbons (Fsp3) is 0.786. The highest BCUT2D eigenvalue weighted by Gasteiger charge is 2.19. The third kappa shape index (κ3) is 4.07. The maximum Gasteiger partial charge on any atom is 0.0897 e. The quantitative estimate of drug-likeness (QED) is 0.863. The SMILES string of the molecule is CCC1CCC(CNCc2cnc(C)s2)CC1. The van der Waals surface area contributed by atoms with Gasteiger partial charge in [-0.3, -0.25) is 0 Å². The Morgan fingerprint density at radius 3 is 2.59 bits per heavy atom. The molecule has 1 fully saturated rings. The standard InChI is InChI=1S/C14H24N2S/c1-3-12-4-6-13(7-5-12)8-15-9-14-10-16-11(2)17-14/h10,12-13,15H,3-9H2,1-2H3. The summed E-state index contributed by atoms with van der Waals surface area (Å²) in [5.41, 5.74) is 0. The van der Waals surface area contributed by atoms with E-state index in [1.165, 1.54) is 48.5 Å². The highest BCUT2D eigenvalue weighted by molar-refractivity contribution is 7.11. The second-order valence-corrected chi connectivity index (χ2v) is 6.59. The van der Waals surface area contributed by atoms with Gasteiger partial charge in [-0.15, -0.1) is 11.3 Å². The van der Waals surface area contributed by atoms with Crippen molar-refractivity contribution < 1.29 is 0 Å². The van der Waals surface area contributed by atoms with Gasteiger partial charge in [-0.1, -0.05) is 26.2 Å². The van der Waals surface area contributed by atoms with E-state index in [-0.39, 0.29) is 0 Å². The lowest BCUT2D eigenvalue weighted by Crippen LogP contribution is -2.25. The molecule has 0 aromatic carbocycles. The molecule has 2 nitrogen and oxygen atoms in total. The van der Waals surface area contributed by atoms with E-state index in [1.54, 1.807) is 11.3 Å². The first-order valence-corrected chi connectivity index (χ1v) is 7.71. The fourth-order valence-electron chi connectivity index (χ4n) is 2.73. The zero-order chi connectivity index (χ0) is 12.1. The van der Waals surface area contributed by atoms with Crippen LogP contribution in [0.2, 0.25) is 0 Å². The van der Waals surface area contributed by atoms with Gasteiger partial charge in [-0.05, 0) is 38.1 Å². The predicted molar refractivity (Wildman–Crippen MR) is 74.3 cm³/mol. The van der Waals surface area contributed by atoms with Gasteiger partial charge in [0, 0.05) is 17.6 Å². The van der Waals surface area contributed by atoms with Gasteiger partial charge in [0.05, 0.1) is 5.01 Å². The van der Waals surface area contributed by atoms with Crippen molar-refractivity contribution in [1.82, 2.24) is 10.3 Å². The Balaban J connectivity index is 1.63. The monoisotopic (exact) mass is 252 g/mol. The minimum absolute atomic E-state index is 0.909. The summed E-state index contributed by atoms with van der Waals surface area (Å²) >= 11 is 1.80. The van der Waals surface area contributed by atoms with Gasteiger partial charge in [-0.2, -0.15) is 0 Å². The lowest BCUT2D eigenvalue weighted by molar-refractivity contribution is 0.262.